The van der Waals surface area contributed by atoms with Crippen molar-refractivity contribution < 1.29 is 13.2 Å². The predicted molar refractivity (Wildman–Crippen MR) is 91.4 cm³/mol. The fraction of sp³-hybridized carbons (Fsp3) is 0.250. The molecule has 0 aliphatic carbocycles. The average Bonchev–Trinajstić information content (AvgIpc) is 2.99. The van der Waals surface area contributed by atoms with Crippen LogP contribution in [0.2, 0.25) is 0 Å². The Labute approximate surface area is 144 Å². The van der Waals surface area contributed by atoms with Crippen molar-refractivity contribution >= 4 is 0 Å². The van der Waals surface area contributed by atoms with Gasteiger partial charge in [-0.2, -0.15) is 18.3 Å². The van der Waals surface area contributed by atoms with Gasteiger partial charge in [0.1, 0.15) is 5.69 Å². The molecule has 25 heavy (non-hydrogen) atoms. The molecule has 0 saturated heterocycles. The molecule has 0 radical (unpaired) electrons. The van der Waals surface area contributed by atoms with E-state index in [1.54, 1.807) is 12.1 Å². The molecule has 130 valence electrons. The highest BCUT2D eigenvalue weighted by Crippen LogP contribution is 2.33. The smallest absolute Gasteiger partial charge is 0.256 e. The highest BCUT2D eigenvalue weighted by Gasteiger charge is 2.38. The molecule has 0 spiro atoms. The first-order valence-electron chi connectivity index (χ1n) is 8.21. The van der Waals surface area contributed by atoms with Crippen LogP contribution >= 0.6 is 0 Å². The lowest BCUT2D eigenvalue weighted by atomic mass is 10.0. The average molecular weight is 344 g/mol. The summed E-state index contributed by atoms with van der Waals surface area (Å²) in [7, 11) is 0. The van der Waals surface area contributed by atoms with Gasteiger partial charge in [0.15, 0.2) is 0 Å². The molecule has 1 heterocycles. The van der Waals surface area contributed by atoms with Gasteiger partial charge in [0, 0.05) is 12.0 Å². The molecule has 5 heteroatoms. The molecular weight excluding hydrogens is 325 g/mol. The number of alkyl halides is 3. The Balaban J connectivity index is 1.91. The molecule has 0 atom stereocenters. The molecular formula is C20H19F3N2. The number of benzene rings is 2. The molecule has 0 aliphatic rings. The number of halogens is 3. The summed E-state index contributed by atoms with van der Waals surface area (Å²) in [4.78, 5) is 0. The fourth-order valence-corrected chi connectivity index (χ4v) is 2.87. The van der Waals surface area contributed by atoms with E-state index in [1.807, 2.05) is 49.4 Å². The van der Waals surface area contributed by atoms with Crippen LogP contribution in [0.5, 0.6) is 0 Å². The van der Waals surface area contributed by atoms with Gasteiger partial charge < -0.3 is 0 Å². The summed E-state index contributed by atoms with van der Waals surface area (Å²) in [6.45, 7) is 2.15. The van der Waals surface area contributed by atoms with E-state index in [0.717, 1.165) is 22.2 Å². The van der Waals surface area contributed by atoms with Gasteiger partial charge in [-0.1, -0.05) is 61.5 Å². The molecule has 0 fully saturated rings. The van der Waals surface area contributed by atoms with Crippen molar-refractivity contribution in [2.45, 2.75) is 32.5 Å². The molecule has 2 nitrogen and oxygen atoms in total. The van der Waals surface area contributed by atoms with Crippen LogP contribution in [-0.2, 0) is 25.6 Å². The first kappa shape index (κ1) is 17.3. The van der Waals surface area contributed by atoms with E-state index in [2.05, 4.69) is 5.10 Å². The normalized spacial score (nSPS) is 11.7. The number of hydrogen-bond acceptors (Lipinski definition) is 1. The molecule has 0 bridgehead atoms. The molecule has 0 aliphatic heterocycles. The van der Waals surface area contributed by atoms with Crippen LogP contribution in [0.15, 0.2) is 60.8 Å². The zero-order valence-corrected chi connectivity index (χ0v) is 13.9. The molecule has 0 N–H and O–H groups in total. The van der Waals surface area contributed by atoms with E-state index < -0.39 is 11.9 Å². The number of aryl methyl sites for hydroxylation is 1. The molecule has 0 amide bonds. The Morgan fingerprint density at radius 2 is 1.52 bits per heavy atom. The number of aromatic nitrogens is 2. The lowest BCUT2D eigenvalue weighted by molar-refractivity contribution is -0.144. The van der Waals surface area contributed by atoms with Gasteiger partial charge in [0.05, 0.1) is 12.7 Å². The quantitative estimate of drug-likeness (QED) is 0.629. The zero-order chi connectivity index (χ0) is 17.9. The van der Waals surface area contributed by atoms with Gasteiger partial charge in [-0.15, -0.1) is 0 Å². The minimum absolute atomic E-state index is 0.102. The third-order valence-electron chi connectivity index (χ3n) is 4.18. The van der Waals surface area contributed by atoms with Crippen LogP contribution in [-0.4, -0.2) is 9.78 Å². The first-order chi connectivity index (χ1) is 12.0. The SMILES string of the molecule is CCc1ccc(Cc2cnn(Cc3ccccc3)c2C(F)(F)F)cc1. The van der Waals surface area contributed by atoms with Crippen molar-refractivity contribution in [3.63, 3.8) is 0 Å². The van der Waals surface area contributed by atoms with E-state index in [1.165, 1.54) is 11.8 Å². The number of nitrogens with zero attached hydrogens (tertiary/aromatic N) is 2. The third-order valence-corrected chi connectivity index (χ3v) is 4.18. The summed E-state index contributed by atoms with van der Waals surface area (Å²) >= 11 is 0. The minimum atomic E-state index is -4.44. The van der Waals surface area contributed by atoms with E-state index in [0.29, 0.717) is 0 Å². The number of rotatable bonds is 5. The predicted octanol–water partition coefficient (Wildman–Crippen LogP) is 5.10. The molecule has 3 aromatic rings. The van der Waals surface area contributed by atoms with Crippen LogP contribution in [0.25, 0.3) is 0 Å². The largest absolute Gasteiger partial charge is 0.433 e. The highest BCUT2D eigenvalue weighted by atomic mass is 19.4. The summed E-state index contributed by atoms with van der Waals surface area (Å²) in [6.07, 6.45) is -1.99. The van der Waals surface area contributed by atoms with Gasteiger partial charge in [0.25, 0.3) is 0 Å². The molecule has 1 aromatic heterocycles. The first-order valence-corrected chi connectivity index (χ1v) is 8.21. The summed E-state index contributed by atoms with van der Waals surface area (Å²) in [5.41, 5.74) is 2.33. The van der Waals surface area contributed by atoms with Gasteiger partial charge in [0.2, 0.25) is 0 Å². The van der Waals surface area contributed by atoms with E-state index in [9.17, 15) is 13.2 Å². The Bertz CT molecular complexity index is 818. The maximum atomic E-state index is 13.6. The van der Waals surface area contributed by atoms with E-state index >= 15 is 0 Å². The van der Waals surface area contributed by atoms with Crippen molar-refractivity contribution in [1.82, 2.24) is 9.78 Å². The van der Waals surface area contributed by atoms with Crippen molar-refractivity contribution in [2.75, 3.05) is 0 Å². The lowest BCUT2D eigenvalue weighted by Gasteiger charge is -2.13. The standard InChI is InChI=1S/C20H19F3N2/c1-2-15-8-10-16(11-9-15)12-18-13-24-25(19(18)20(21,22)23)14-17-6-4-3-5-7-17/h3-11,13H,2,12,14H2,1H3. The summed E-state index contributed by atoms with van der Waals surface area (Å²) in [5, 5.41) is 4.00. The third kappa shape index (κ3) is 4.10. The Hall–Kier alpha value is -2.56. The van der Waals surface area contributed by atoms with Crippen LogP contribution in [0.3, 0.4) is 0 Å². The Morgan fingerprint density at radius 3 is 2.12 bits per heavy atom. The van der Waals surface area contributed by atoms with Gasteiger partial charge in [-0.25, -0.2) is 0 Å². The summed E-state index contributed by atoms with van der Waals surface area (Å²) in [6, 6.07) is 16.7. The van der Waals surface area contributed by atoms with Gasteiger partial charge >= 0.3 is 6.18 Å². The zero-order valence-electron chi connectivity index (χ0n) is 13.9. The van der Waals surface area contributed by atoms with Crippen LogP contribution < -0.4 is 0 Å². The molecule has 3 rings (SSSR count). The summed E-state index contributed by atoms with van der Waals surface area (Å²) < 4.78 is 41.9. The lowest BCUT2D eigenvalue weighted by Crippen LogP contribution is -2.17. The van der Waals surface area contributed by atoms with E-state index in [4.69, 9.17) is 0 Å². The molecule has 0 saturated carbocycles. The second-order valence-corrected chi connectivity index (χ2v) is 6.01. The second-order valence-electron chi connectivity index (χ2n) is 6.01. The monoisotopic (exact) mass is 344 g/mol. The van der Waals surface area contributed by atoms with Crippen molar-refractivity contribution in [2.24, 2.45) is 0 Å². The number of hydrogen-bond donors (Lipinski definition) is 0. The highest BCUT2D eigenvalue weighted by molar-refractivity contribution is 5.31. The fourth-order valence-electron chi connectivity index (χ4n) is 2.87. The van der Waals surface area contributed by atoms with E-state index in [-0.39, 0.29) is 18.5 Å². The van der Waals surface area contributed by atoms with Crippen LogP contribution in [0.1, 0.15) is 34.9 Å². The van der Waals surface area contributed by atoms with Crippen molar-refractivity contribution in [3.8, 4) is 0 Å². The minimum Gasteiger partial charge on any atom is -0.256 e. The maximum Gasteiger partial charge on any atom is 0.433 e. The van der Waals surface area contributed by atoms with Crippen molar-refractivity contribution in [3.05, 3.63) is 88.7 Å². The van der Waals surface area contributed by atoms with Crippen LogP contribution in [0, 0.1) is 0 Å². The Morgan fingerprint density at radius 1 is 0.880 bits per heavy atom. The molecule has 2 aromatic carbocycles. The maximum absolute atomic E-state index is 13.6. The topological polar surface area (TPSA) is 17.8 Å². The summed E-state index contributed by atoms with van der Waals surface area (Å²) in [5.74, 6) is 0. The van der Waals surface area contributed by atoms with Crippen LogP contribution in [0.4, 0.5) is 13.2 Å². The van der Waals surface area contributed by atoms with Crippen molar-refractivity contribution in [1.29, 1.82) is 0 Å². The van der Waals surface area contributed by atoms with Gasteiger partial charge in [-0.05, 0) is 23.1 Å². The van der Waals surface area contributed by atoms with Gasteiger partial charge in [-0.3, -0.25) is 4.68 Å². The Kier molecular flexibility index (Phi) is 4.93. The molecule has 0 unspecified atom stereocenters. The second kappa shape index (κ2) is 7.13.